The molecule has 2 aromatic heterocycles. The number of nitrogens with zero attached hydrogens (tertiary/aromatic N) is 4. The zero-order valence-electron chi connectivity index (χ0n) is 15.8. The highest BCUT2D eigenvalue weighted by molar-refractivity contribution is 6.19. The molecule has 2 heterocycles. The standard InChI is InChI=1S/C24H15N5O/c30-24(19-10-5-7-15-6-1-2-8-17(15)19)29-21-11-4-3-9-18(21)20-14-16(12-13-22(20)29)23-25-27-28-26-23/h1-14H,(H,25,26,27,28). The number of fused-ring (bicyclic) bond motifs is 4. The van der Waals surface area contributed by atoms with E-state index in [4.69, 9.17) is 0 Å². The van der Waals surface area contributed by atoms with Crippen LogP contribution in [0.25, 0.3) is 44.0 Å². The summed E-state index contributed by atoms with van der Waals surface area (Å²) in [7, 11) is 0. The van der Waals surface area contributed by atoms with Crippen molar-refractivity contribution in [2.75, 3.05) is 0 Å². The normalized spacial score (nSPS) is 11.5. The van der Waals surface area contributed by atoms with Crippen LogP contribution in [0.2, 0.25) is 0 Å². The molecule has 4 aromatic carbocycles. The highest BCUT2D eigenvalue weighted by Gasteiger charge is 2.19. The summed E-state index contributed by atoms with van der Waals surface area (Å²) in [6.45, 7) is 0. The summed E-state index contributed by atoms with van der Waals surface area (Å²) in [5, 5.41) is 18.3. The van der Waals surface area contributed by atoms with Gasteiger partial charge in [0.15, 0.2) is 0 Å². The van der Waals surface area contributed by atoms with Gasteiger partial charge >= 0.3 is 0 Å². The van der Waals surface area contributed by atoms with Gasteiger partial charge in [-0.3, -0.25) is 9.36 Å². The third kappa shape index (κ3) is 2.37. The first-order valence-electron chi connectivity index (χ1n) is 9.61. The molecule has 0 saturated carbocycles. The van der Waals surface area contributed by atoms with Gasteiger partial charge in [-0.25, -0.2) is 0 Å². The maximum Gasteiger partial charge on any atom is 0.263 e. The first-order chi connectivity index (χ1) is 14.8. The van der Waals surface area contributed by atoms with Gasteiger partial charge in [-0.2, -0.15) is 5.21 Å². The molecule has 0 saturated heterocycles. The minimum Gasteiger partial charge on any atom is -0.276 e. The summed E-state index contributed by atoms with van der Waals surface area (Å²) in [5.41, 5.74) is 3.24. The highest BCUT2D eigenvalue weighted by Crippen LogP contribution is 2.33. The summed E-state index contributed by atoms with van der Waals surface area (Å²) in [6, 6.07) is 27.6. The Kier molecular flexibility index (Phi) is 3.52. The summed E-state index contributed by atoms with van der Waals surface area (Å²) >= 11 is 0. The SMILES string of the molecule is O=C(c1cccc2ccccc12)n1c2ccccc2c2cc(-c3nn[nH]n3)ccc21. The van der Waals surface area contributed by atoms with Crippen LogP contribution >= 0.6 is 0 Å². The van der Waals surface area contributed by atoms with Crippen molar-refractivity contribution in [3.05, 3.63) is 90.5 Å². The Morgan fingerprint density at radius 1 is 0.767 bits per heavy atom. The number of tetrazole rings is 1. The summed E-state index contributed by atoms with van der Waals surface area (Å²) in [4.78, 5) is 13.8. The number of hydrogen-bond donors (Lipinski definition) is 1. The number of aromatic nitrogens is 5. The molecule has 0 bridgehead atoms. The van der Waals surface area contributed by atoms with Crippen LogP contribution in [0.5, 0.6) is 0 Å². The first kappa shape index (κ1) is 16.6. The molecule has 6 rings (SSSR count). The lowest BCUT2D eigenvalue weighted by atomic mass is 10.0. The van der Waals surface area contributed by atoms with E-state index in [0.717, 1.165) is 38.1 Å². The van der Waals surface area contributed by atoms with Crippen molar-refractivity contribution in [3.8, 4) is 11.4 Å². The minimum atomic E-state index is -0.0506. The monoisotopic (exact) mass is 389 g/mol. The van der Waals surface area contributed by atoms with E-state index in [9.17, 15) is 4.79 Å². The number of benzene rings is 4. The second-order valence-electron chi connectivity index (χ2n) is 7.15. The van der Waals surface area contributed by atoms with Crippen molar-refractivity contribution in [1.82, 2.24) is 25.2 Å². The quantitative estimate of drug-likeness (QED) is 0.461. The number of H-pyrrole nitrogens is 1. The lowest BCUT2D eigenvalue weighted by molar-refractivity contribution is 0.0971. The van der Waals surface area contributed by atoms with Crippen molar-refractivity contribution >= 4 is 38.5 Å². The predicted octanol–water partition coefficient (Wildman–Crippen LogP) is 4.82. The van der Waals surface area contributed by atoms with Gasteiger partial charge < -0.3 is 0 Å². The number of hydrogen-bond acceptors (Lipinski definition) is 4. The summed E-state index contributed by atoms with van der Waals surface area (Å²) in [6.07, 6.45) is 0. The minimum absolute atomic E-state index is 0.0506. The molecule has 0 spiro atoms. The van der Waals surface area contributed by atoms with Gasteiger partial charge in [-0.1, -0.05) is 54.6 Å². The molecular weight excluding hydrogens is 374 g/mol. The van der Waals surface area contributed by atoms with E-state index in [0.29, 0.717) is 11.4 Å². The third-order valence-corrected chi connectivity index (χ3v) is 5.50. The molecule has 0 aliphatic heterocycles. The fourth-order valence-corrected chi connectivity index (χ4v) is 4.15. The molecule has 6 nitrogen and oxygen atoms in total. The second-order valence-corrected chi connectivity index (χ2v) is 7.15. The van der Waals surface area contributed by atoms with E-state index in [1.165, 1.54) is 0 Å². The Morgan fingerprint density at radius 2 is 1.53 bits per heavy atom. The zero-order chi connectivity index (χ0) is 20.1. The molecule has 0 radical (unpaired) electrons. The number of carbonyl (C=O) groups excluding carboxylic acids is 1. The molecule has 0 atom stereocenters. The van der Waals surface area contributed by atoms with E-state index in [1.54, 1.807) is 4.57 Å². The van der Waals surface area contributed by atoms with E-state index >= 15 is 0 Å². The Labute approximate surface area is 170 Å². The van der Waals surface area contributed by atoms with Crippen molar-refractivity contribution in [1.29, 1.82) is 0 Å². The van der Waals surface area contributed by atoms with Crippen LogP contribution in [-0.4, -0.2) is 31.1 Å². The maximum atomic E-state index is 13.8. The number of para-hydroxylation sites is 1. The number of nitrogens with one attached hydrogen (secondary N) is 1. The Balaban J connectivity index is 1.65. The van der Waals surface area contributed by atoms with Gasteiger partial charge in [0, 0.05) is 21.9 Å². The smallest absolute Gasteiger partial charge is 0.263 e. The maximum absolute atomic E-state index is 13.8. The average molecular weight is 389 g/mol. The van der Waals surface area contributed by atoms with Gasteiger partial charge in [-0.15, -0.1) is 10.2 Å². The van der Waals surface area contributed by atoms with Crippen molar-refractivity contribution in [3.63, 3.8) is 0 Å². The lowest BCUT2D eigenvalue weighted by Gasteiger charge is -2.09. The Morgan fingerprint density at radius 3 is 2.40 bits per heavy atom. The van der Waals surface area contributed by atoms with Crippen LogP contribution in [0, 0.1) is 0 Å². The Hall–Kier alpha value is -4.32. The van der Waals surface area contributed by atoms with Crippen LogP contribution in [0.15, 0.2) is 84.9 Å². The van der Waals surface area contributed by atoms with Crippen LogP contribution < -0.4 is 0 Å². The molecule has 0 aliphatic carbocycles. The highest BCUT2D eigenvalue weighted by atomic mass is 16.2. The summed E-state index contributed by atoms with van der Waals surface area (Å²) < 4.78 is 1.80. The van der Waals surface area contributed by atoms with Gasteiger partial charge in [0.05, 0.1) is 11.0 Å². The molecule has 6 aromatic rings. The van der Waals surface area contributed by atoms with Gasteiger partial charge in [0.2, 0.25) is 5.82 Å². The largest absolute Gasteiger partial charge is 0.276 e. The molecule has 0 fully saturated rings. The molecule has 30 heavy (non-hydrogen) atoms. The predicted molar refractivity (Wildman–Crippen MR) is 116 cm³/mol. The van der Waals surface area contributed by atoms with E-state index in [-0.39, 0.29) is 5.91 Å². The number of carbonyl (C=O) groups is 1. The molecule has 1 N–H and O–H groups in total. The average Bonchev–Trinajstić information content (AvgIpc) is 3.44. The van der Waals surface area contributed by atoms with Crippen molar-refractivity contribution in [2.24, 2.45) is 0 Å². The molecule has 6 heteroatoms. The van der Waals surface area contributed by atoms with E-state index in [2.05, 4.69) is 20.6 Å². The lowest BCUT2D eigenvalue weighted by Crippen LogP contribution is -2.12. The fraction of sp³-hybridized carbons (Fsp3) is 0. The van der Waals surface area contributed by atoms with Gasteiger partial charge in [-0.05, 0) is 46.3 Å². The molecule has 0 aliphatic rings. The van der Waals surface area contributed by atoms with E-state index < -0.39 is 0 Å². The number of aromatic amines is 1. The molecule has 0 unspecified atom stereocenters. The van der Waals surface area contributed by atoms with Crippen LogP contribution in [0.4, 0.5) is 0 Å². The second kappa shape index (κ2) is 6.35. The topological polar surface area (TPSA) is 76.5 Å². The zero-order valence-corrected chi connectivity index (χ0v) is 15.8. The van der Waals surface area contributed by atoms with Crippen LogP contribution in [0.1, 0.15) is 10.4 Å². The van der Waals surface area contributed by atoms with Crippen LogP contribution in [-0.2, 0) is 0 Å². The molecule has 0 amide bonds. The van der Waals surface area contributed by atoms with E-state index in [1.807, 2.05) is 84.9 Å². The number of rotatable bonds is 2. The first-order valence-corrected chi connectivity index (χ1v) is 9.61. The molecule has 142 valence electrons. The summed E-state index contributed by atoms with van der Waals surface area (Å²) in [5.74, 6) is 0.472. The van der Waals surface area contributed by atoms with Gasteiger partial charge in [0.1, 0.15) is 0 Å². The Bertz CT molecular complexity index is 1560. The van der Waals surface area contributed by atoms with Crippen LogP contribution in [0.3, 0.4) is 0 Å². The third-order valence-electron chi connectivity index (χ3n) is 5.50. The van der Waals surface area contributed by atoms with Gasteiger partial charge in [0.25, 0.3) is 5.91 Å². The van der Waals surface area contributed by atoms with Crippen molar-refractivity contribution < 1.29 is 4.79 Å². The van der Waals surface area contributed by atoms with Crippen molar-refractivity contribution in [2.45, 2.75) is 0 Å². The fourth-order valence-electron chi connectivity index (χ4n) is 4.15. The molecular formula is C24H15N5O.